The Morgan fingerprint density at radius 3 is 2.27 bits per heavy atom. The predicted molar refractivity (Wildman–Crippen MR) is 161 cm³/mol. The molecule has 5 aromatic rings. The minimum absolute atomic E-state index is 0.309. The summed E-state index contributed by atoms with van der Waals surface area (Å²) < 4.78 is 3.97. The first kappa shape index (κ1) is 26.2. The van der Waals surface area contributed by atoms with Crippen LogP contribution in [-0.2, 0) is 13.1 Å². The van der Waals surface area contributed by atoms with E-state index in [1.807, 2.05) is 66.3 Å². The molecule has 10 heteroatoms. The van der Waals surface area contributed by atoms with E-state index in [1.54, 1.807) is 24.3 Å². The van der Waals surface area contributed by atoms with Gasteiger partial charge in [0, 0.05) is 34.9 Å². The first-order valence-electron chi connectivity index (χ1n) is 13.0. The molecule has 202 valence electrons. The molecule has 0 aliphatic heterocycles. The quantitative estimate of drug-likeness (QED) is 0.136. The minimum atomic E-state index is -0.309. The maximum absolute atomic E-state index is 13.0. The van der Waals surface area contributed by atoms with Crippen molar-refractivity contribution >= 4 is 57.0 Å². The lowest BCUT2D eigenvalue weighted by atomic mass is 10.1. The average Bonchev–Trinajstić information content (AvgIpc) is 2.94. The minimum Gasteiger partial charge on any atom is -0.399 e. The normalized spacial score (nSPS) is 10.9. The summed E-state index contributed by atoms with van der Waals surface area (Å²) in [5.74, 6) is 0.395. The summed E-state index contributed by atoms with van der Waals surface area (Å²) in [5, 5.41) is 7.32. The van der Waals surface area contributed by atoms with Crippen LogP contribution >= 0.6 is 0 Å². The number of benzene rings is 3. The highest BCUT2D eigenvalue weighted by molar-refractivity contribution is 6.08. The lowest BCUT2D eigenvalue weighted by Gasteiger charge is -2.13. The van der Waals surface area contributed by atoms with Gasteiger partial charge in [-0.1, -0.05) is 17.1 Å². The maximum Gasteiger partial charge on any atom is 0.391 e. The summed E-state index contributed by atoms with van der Waals surface area (Å²) in [4.78, 5) is 17.3. The Labute approximate surface area is 232 Å². The number of hydrogen-bond acceptors (Lipinski definition) is 7. The summed E-state index contributed by atoms with van der Waals surface area (Å²) in [6.45, 7) is 5.58. The summed E-state index contributed by atoms with van der Waals surface area (Å²) in [7, 11) is 0. The molecule has 10 N–H and O–H groups in total. The van der Waals surface area contributed by atoms with Gasteiger partial charge in [-0.05, 0) is 61.9 Å². The molecule has 0 atom stereocenters. The van der Waals surface area contributed by atoms with E-state index in [2.05, 4.69) is 27.1 Å². The van der Waals surface area contributed by atoms with Crippen LogP contribution in [0.3, 0.4) is 0 Å². The van der Waals surface area contributed by atoms with E-state index >= 15 is 0 Å². The third-order valence-corrected chi connectivity index (χ3v) is 6.84. The van der Waals surface area contributed by atoms with Crippen LogP contribution in [-0.4, -0.2) is 10.9 Å². The van der Waals surface area contributed by atoms with E-state index in [0.29, 0.717) is 40.9 Å². The predicted octanol–water partition coefficient (Wildman–Crippen LogP) is 3.84. The van der Waals surface area contributed by atoms with Gasteiger partial charge in [0.25, 0.3) is 5.91 Å². The van der Waals surface area contributed by atoms with Crippen molar-refractivity contribution in [3.63, 3.8) is 0 Å². The van der Waals surface area contributed by atoms with Gasteiger partial charge >= 0.3 is 5.95 Å². The van der Waals surface area contributed by atoms with Gasteiger partial charge in [-0.2, -0.15) is 4.57 Å². The van der Waals surface area contributed by atoms with Crippen molar-refractivity contribution in [3.8, 4) is 11.1 Å². The molecule has 0 saturated heterocycles. The number of nitrogen functional groups attached to an aromatic ring is 4. The zero-order valence-corrected chi connectivity index (χ0v) is 22.5. The molecule has 0 bridgehead atoms. The molecule has 5 rings (SSSR count). The van der Waals surface area contributed by atoms with Crippen molar-refractivity contribution in [2.24, 2.45) is 0 Å². The molecule has 0 aliphatic rings. The highest BCUT2D eigenvalue weighted by atomic mass is 16.1. The van der Waals surface area contributed by atoms with Gasteiger partial charge < -0.3 is 27.8 Å². The molecule has 0 spiro atoms. The van der Waals surface area contributed by atoms with Crippen LogP contribution in [0.4, 0.5) is 40.2 Å². The molecule has 40 heavy (non-hydrogen) atoms. The van der Waals surface area contributed by atoms with Crippen molar-refractivity contribution in [2.75, 3.05) is 33.6 Å². The number of nitrogens with one attached hydrogen (secondary N) is 2. The summed E-state index contributed by atoms with van der Waals surface area (Å²) in [5.41, 5.74) is 30.8. The summed E-state index contributed by atoms with van der Waals surface area (Å²) >= 11 is 0. The van der Waals surface area contributed by atoms with E-state index in [-0.39, 0.29) is 5.91 Å². The van der Waals surface area contributed by atoms with Gasteiger partial charge in [0.2, 0.25) is 11.3 Å². The SMILES string of the molecule is CC[n+]1cc(-c2ccc(NC(=O)c3ccc(Nc4cc[n+](CC)c5ccc(N)cc45)cc3N)cc2)c(N)nc1N. The number of nitrogens with zero attached hydrogens (tertiary/aromatic N) is 3. The lowest BCUT2D eigenvalue weighted by molar-refractivity contribution is -0.681. The molecule has 0 aliphatic carbocycles. The second-order valence-corrected chi connectivity index (χ2v) is 9.43. The highest BCUT2D eigenvalue weighted by Gasteiger charge is 2.16. The van der Waals surface area contributed by atoms with Crippen LogP contribution in [0.2, 0.25) is 0 Å². The number of hydrogen-bond donors (Lipinski definition) is 6. The third kappa shape index (κ3) is 5.14. The van der Waals surface area contributed by atoms with E-state index in [4.69, 9.17) is 22.9 Å². The third-order valence-electron chi connectivity index (χ3n) is 6.84. The fourth-order valence-corrected chi connectivity index (χ4v) is 4.69. The monoisotopic (exact) mass is 535 g/mol. The number of rotatable bonds is 7. The molecule has 0 saturated carbocycles. The van der Waals surface area contributed by atoms with Crippen LogP contribution in [0.25, 0.3) is 22.0 Å². The Morgan fingerprint density at radius 2 is 1.57 bits per heavy atom. The molecular formula is C30H33N9O+2. The first-order valence-corrected chi connectivity index (χ1v) is 13.0. The van der Waals surface area contributed by atoms with Crippen LogP contribution in [0.1, 0.15) is 24.2 Å². The van der Waals surface area contributed by atoms with Crippen molar-refractivity contribution in [1.82, 2.24) is 4.98 Å². The second kappa shape index (κ2) is 10.8. The zero-order chi connectivity index (χ0) is 28.4. The number of carbonyl (C=O) groups is 1. The van der Waals surface area contributed by atoms with E-state index < -0.39 is 0 Å². The Bertz CT molecular complexity index is 1730. The number of aromatic nitrogens is 3. The number of anilines is 7. The average molecular weight is 536 g/mol. The number of fused-ring (bicyclic) bond motifs is 1. The van der Waals surface area contributed by atoms with Crippen molar-refractivity contribution < 1.29 is 13.9 Å². The number of aryl methyl sites for hydroxylation is 2. The Morgan fingerprint density at radius 1 is 0.850 bits per heavy atom. The van der Waals surface area contributed by atoms with Crippen LogP contribution in [0.5, 0.6) is 0 Å². The molecule has 10 nitrogen and oxygen atoms in total. The van der Waals surface area contributed by atoms with Gasteiger partial charge in [0.15, 0.2) is 6.20 Å². The molecule has 0 unspecified atom stereocenters. The van der Waals surface area contributed by atoms with E-state index in [1.165, 1.54) is 0 Å². The standard InChI is InChI=1S/C30H31N9O/c1-3-38-14-13-26(23-15-19(31)7-12-27(23)38)35-21-10-11-22(25(32)16-21)29(40)36-20-8-5-18(6-9-20)24-17-39(4-2)30(34)37-28(24)33/h5-17H,3-4,31H2,1-2H3,(H6,32,33,34,36,37,40)/p+2. The summed E-state index contributed by atoms with van der Waals surface area (Å²) in [6.07, 6.45) is 3.90. The number of pyridine rings is 1. The van der Waals surface area contributed by atoms with Crippen molar-refractivity contribution in [2.45, 2.75) is 26.9 Å². The molecule has 3 aromatic carbocycles. The van der Waals surface area contributed by atoms with Gasteiger partial charge in [-0.3, -0.25) is 10.5 Å². The number of nitrogens with two attached hydrogens (primary N) is 4. The van der Waals surface area contributed by atoms with Crippen LogP contribution in [0, 0.1) is 0 Å². The van der Waals surface area contributed by atoms with Gasteiger partial charge in [-0.15, -0.1) is 0 Å². The maximum atomic E-state index is 13.0. The number of carbonyl (C=O) groups excluding carboxylic acids is 1. The molecule has 2 heterocycles. The Hall–Kier alpha value is -5.38. The number of amides is 1. The van der Waals surface area contributed by atoms with Crippen LogP contribution in [0.15, 0.2) is 79.1 Å². The second-order valence-electron chi connectivity index (χ2n) is 9.43. The largest absolute Gasteiger partial charge is 0.399 e. The highest BCUT2D eigenvalue weighted by Crippen LogP contribution is 2.29. The molecular weight excluding hydrogens is 502 g/mol. The Balaban J connectivity index is 1.33. The van der Waals surface area contributed by atoms with Crippen LogP contribution < -0.4 is 42.7 Å². The van der Waals surface area contributed by atoms with E-state index in [9.17, 15) is 4.79 Å². The smallest absolute Gasteiger partial charge is 0.391 e. The Kier molecular flexibility index (Phi) is 7.07. The van der Waals surface area contributed by atoms with Gasteiger partial charge in [-0.25, -0.2) is 4.57 Å². The lowest BCUT2D eigenvalue weighted by Crippen LogP contribution is -2.37. The fraction of sp³-hybridized carbons (Fsp3) is 0.133. The van der Waals surface area contributed by atoms with Crippen molar-refractivity contribution in [1.29, 1.82) is 0 Å². The molecule has 0 fully saturated rings. The molecule has 2 aromatic heterocycles. The molecule has 0 radical (unpaired) electrons. The summed E-state index contributed by atoms with van der Waals surface area (Å²) in [6, 6.07) is 20.5. The van der Waals surface area contributed by atoms with Crippen molar-refractivity contribution in [3.05, 3.63) is 84.7 Å². The zero-order valence-electron chi connectivity index (χ0n) is 22.5. The topological polar surface area (TPSA) is 166 Å². The van der Waals surface area contributed by atoms with Gasteiger partial charge in [0.05, 0.1) is 34.9 Å². The fourth-order valence-electron chi connectivity index (χ4n) is 4.69. The first-order chi connectivity index (χ1) is 19.3. The van der Waals surface area contributed by atoms with Gasteiger partial charge in [0.1, 0.15) is 6.54 Å². The molecule has 1 amide bonds. The van der Waals surface area contributed by atoms with E-state index in [0.717, 1.165) is 39.9 Å².